The predicted octanol–water partition coefficient (Wildman–Crippen LogP) is 2.23. The van der Waals surface area contributed by atoms with Gasteiger partial charge < -0.3 is 19.9 Å². The van der Waals surface area contributed by atoms with E-state index in [1.54, 1.807) is 7.11 Å². The topological polar surface area (TPSA) is 87.7 Å². The standard InChI is InChI=1S/C22H35N5O3/c1-22(2,3)21(29)26-8-6-15(7-9-26)20-24-17(13-18(23-4)25-20)16-12-19(28)27(14-16)10-11-30-5/h13,15-16H,6-12,14H2,1-5H3,(H,23,24,25)/t16-/m0/s1. The molecule has 0 radical (unpaired) electrons. The molecule has 30 heavy (non-hydrogen) atoms. The first-order valence-electron chi connectivity index (χ1n) is 10.9. The highest BCUT2D eigenvalue weighted by Gasteiger charge is 2.34. The van der Waals surface area contributed by atoms with Crippen LogP contribution >= 0.6 is 0 Å². The first kappa shape index (κ1) is 22.5. The number of piperidine rings is 1. The molecule has 0 aromatic carbocycles. The number of ether oxygens (including phenoxy) is 1. The van der Waals surface area contributed by atoms with Crippen molar-refractivity contribution in [2.24, 2.45) is 5.41 Å². The van der Waals surface area contributed by atoms with Crippen molar-refractivity contribution in [3.8, 4) is 0 Å². The summed E-state index contributed by atoms with van der Waals surface area (Å²) in [6, 6.07) is 1.96. The summed E-state index contributed by atoms with van der Waals surface area (Å²) in [6.07, 6.45) is 2.19. The summed E-state index contributed by atoms with van der Waals surface area (Å²) in [5.41, 5.74) is 0.567. The smallest absolute Gasteiger partial charge is 0.227 e. The van der Waals surface area contributed by atoms with Gasteiger partial charge >= 0.3 is 0 Å². The summed E-state index contributed by atoms with van der Waals surface area (Å²) in [5.74, 6) is 2.26. The molecule has 2 amide bonds. The number of nitrogens with one attached hydrogen (secondary N) is 1. The van der Waals surface area contributed by atoms with Gasteiger partial charge in [-0.3, -0.25) is 9.59 Å². The van der Waals surface area contributed by atoms with Gasteiger partial charge in [-0.15, -0.1) is 0 Å². The Labute approximate surface area is 179 Å². The fourth-order valence-electron chi connectivity index (χ4n) is 4.21. The summed E-state index contributed by atoms with van der Waals surface area (Å²) in [5, 5.41) is 3.14. The van der Waals surface area contributed by atoms with Gasteiger partial charge in [0.15, 0.2) is 0 Å². The van der Waals surface area contributed by atoms with Crippen LogP contribution < -0.4 is 5.32 Å². The SMILES string of the molecule is CNc1cc([C@H]2CC(=O)N(CCOC)C2)nc(C2CCN(C(=O)C(C)(C)C)CC2)n1. The summed E-state index contributed by atoms with van der Waals surface area (Å²) >= 11 is 0. The van der Waals surface area contributed by atoms with Crippen molar-refractivity contribution in [2.45, 2.75) is 51.9 Å². The van der Waals surface area contributed by atoms with Crippen molar-refractivity contribution in [1.82, 2.24) is 19.8 Å². The Balaban J connectivity index is 1.72. The van der Waals surface area contributed by atoms with Crippen molar-refractivity contribution >= 4 is 17.6 Å². The van der Waals surface area contributed by atoms with Gasteiger partial charge in [0, 0.05) is 70.1 Å². The average molecular weight is 418 g/mol. The van der Waals surface area contributed by atoms with Gasteiger partial charge in [-0.25, -0.2) is 9.97 Å². The third-order valence-electron chi connectivity index (χ3n) is 6.01. The molecule has 0 aliphatic carbocycles. The van der Waals surface area contributed by atoms with Gasteiger partial charge in [-0.1, -0.05) is 20.8 Å². The lowest BCUT2D eigenvalue weighted by Crippen LogP contribution is -2.43. The number of anilines is 1. The Hall–Kier alpha value is -2.22. The quantitative estimate of drug-likeness (QED) is 0.764. The monoisotopic (exact) mass is 417 g/mol. The number of aromatic nitrogens is 2. The van der Waals surface area contributed by atoms with Crippen molar-refractivity contribution in [2.75, 3.05) is 52.3 Å². The second-order valence-electron chi connectivity index (χ2n) is 9.34. The number of amides is 2. The molecule has 0 saturated carbocycles. The van der Waals surface area contributed by atoms with E-state index in [2.05, 4.69) is 5.32 Å². The average Bonchev–Trinajstić information content (AvgIpc) is 3.11. The number of methoxy groups -OCH3 is 1. The Kier molecular flexibility index (Phi) is 6.95. The number of carbonyl (C=O) groups is 2. The van der Waals surface area contributed by atoms with Crippen molar-refractivity contribution < 1.29 is 14.3 Å². The highest BCUT2D eigenvalue weighted by molar-refractivity contribution is 5.81. The maximum Gasteiger partial charge on any atom is 0.227 e. The Bertz CT molecular complexity index is 769. The zero-order valence-corrected chi connectivity index (χ0v) is 18.9. The van der Waals surface area contributed by atoms with Crippen LogP contribution in [0.1, 0.15) is 63.4 Å². The van der Waals surface area contributed by atoms with Crippen LogP contribution in [0.4, 0.5) is 5.82 Å². The molecule has 1 N–H and O–H groups in total. The molecular formula is C22H35N5O3. The van der Waals surface area contributed by atoms with E-state index in [0.717, 1.165) is 43.3 Å². The lowest BCUT2D eigenvalue weighted by atomic mass is 9.90. The van der Waals surface area contributed by atoms with Crippen molar-refractivity contribution in [1.29, 1.82) is 0 Å². The van der Waals surface area contributed by atoms with E-state index in [1.165, 1.54) is 0 Å². The molecule has 8 nitrogen and oxygen atoms in total. The predicted molar refractivity (Wildman–Crippen MR) is 115 cm³/mol. The lowest BCUT2D eigenvalue weighted by Gasteiger charge is -2.35. The Morgan fingerprint density at radius 1 is 1.23 bits per heavy atom. The zero-order valence-electron chi connectivity index (χ0n) is 18.9. The number of carbonyl (C=O) groups excluding carboxylic acids is 2. The molecule has 3 rings (SSSR count). The third-order valence-corrected chi connectivity index (χ3v) is 6.01. The molecule has 8 heteroatoms. The fraction of sp³-hybridized carbons (Fsp3) is 0.727. The summed E-state index contributed by atoms with van der Waals surface area (Å²) < 4.78 is 5.12. The van der Waals surface area contributed by atoms with E-state index in [-0.39, 0.29) is 29.1 Å². The minimum atomic E-state index is -0.355. The Morgan fingerprint density at radius 2 is 1.93 bits per heavy atom. The molecule has 0 bridgehead atoms. The maximum absolute atomic E-state index is 12.6. The molecular weight excluding hydrogens is 382 g/mol. The molecule has 1 aromatic heterocycles. The summed E-state index contributed by atoms with van der Waals surface area (Å²) in [6.45, 7) is 9.18. The van der Waals surface area contributed by atoms with E-state index >= 15 is 0 Å². The van der Waals surface area contributed by atoms with E-state index in [9.17, 15) is 9.59 Å². The molecule has 1 atom stereocenters. The molecule has 0 spiro atoms. The zero-order chi connectivity index (χ0) is 21.9. The largest absolute Gasteiger partial charge is 0.383 e. The second-order valence-corrected chi connectivity index (χ2v) is 9.34. The summed E-state index contributed by atoms with van der Waals surface area (Å²) in [4.78, 5) is 38.3. The van der Waals surface area contributed by atoms with E-state index in [1.807, 2.05) is 43.7 Å². The second kappa shape index (κ2) is 9.29. The van der Waals surface area contributed by atoms with Crippen molar-refractivity contribution in [3.63, 3.8) is 0 Å². The first-order chi connectivity index (χ1) is 14.2. The highest BCUT2D eigenvalue weighted by atomic mass is 16.5. The van der Waals surface area contributed by atoms with Gasteiger partial charge in [-0.2, -0.15) is 0 Å². The van der Waals surface area contributed by atoms with Crippen LogP contribution in [0.2, 0.25) is 0 Å². The number of likely N-dealkylation sites (tertiary alicyclic amines) is 2. The van der Waals surface area contributed by atoms with Gasteiger partial charge in [0.05, 0.1) is 12.3 Å². The number of hydrogen-bond acceptors (Lipinski definition) is 6. The third kappa shape index (κ3) is 5.09. The number of hydrogen-bond donors (Lipinski definition) is 1. The van der Waals surface area contributed by atoms with Crippen molar-refractivity contribution in [3.05, 3.63) is 17.6 Å². The van der Waals surface area contributed by atoms with Gasteiger partial charge in [0.2, 0.25) is 11.8 Å². The molecule has 3 heterocycles. The normalized spacial score (nSPS) is 20.7. The molecule has 166 valence electrons. The number of nitrogens with zero attached hydrogens (tertiary/aromatic N) is 4. The summed E-state index contributed by atoms with van der Waals surface area (Å²) in [7, 11) is 3.50. The first-order valence-corrected chi connectivity index (χ1v) is 10.9. The molecule has 2 aliphatic rings. The van der Waals surface area contributed by atoms with Crippen LogP contribution in [0.15, 0.2) is 6.07 Å². The van der Waals surface area contributed by atoms with Gasteiger partial charge in [-0.05, 0) is 12.8 Å². The minimum absolute atomic E-state index is 0.0748. The molecule has 2 saturated heterocycles. The minimum Gasteiger partial charge on any atom is -0.383 e. The van der Waals surface area contributed by atoms with Gasteiger partial charge in [0.25, 0.3) is 0 Å². The molecule has 2 aliphatic heterocycles. The number of rotatable bonds is 6. The van der Waals surface area contributed by atoms with Gasteiger partial charge in [0.1, 0.15) is 11.6 Å². The van der Waals surface area contributed by atoms with Crippen LogP contribution in [0.3, 0.4) is 0 Å². The van der Waals surface area contributed by atoms with Crippen LogP contribution in [0.5, 0.6) is 0 Å². The Morgan fingerprint density at radius 3 is 2.53 bits per heavy atom. The van der Waals surface area contributed by atoms with Crippen LogP contribution in [0.25, 0.3) is 0 Å². The van der Waals surface area contributed by atoms with E-state index in [0.29, 0.717) is 26.1 Å². The lowest BCUT2D eigenvalue weighted by molar-refractivity contribution is -0.140. The maximum atomic E-state index is 12.6. The molecule has 2 fully saturated rings. The fourth-order valence-corrected chi connectivity index (χ4v) is 4.21. The van der Waals surface area contributed by atoms with E-state index in [4.69, 9.17) is 14.7 Å². The molecule has 1 aromatic rings. The van der Waals surface area contributed by atoms with Crippen LogP contribution in [-0.2, 0) is 14.3 Å². The highest BCUT2D eigenvalue weighted by Crippen LogP contribution is 2.32. The van der Waals surface area contributed by atoms with Crippen LogP contribution in [0, 0.1) is 5.41 Å². The van der Waals surface area contributed by atoms with E-state index < -0.39 is 0 Å². The van der Waals surface area contributed by atoms with Crippen LogP contribution in [-0.4, -0.2) is 78.5 Å². The molecule has 0 unspecified atom stereocenters.